The van der Waals surface area contributed by atoms with Crippen LogP contribution in [0.4, 0.5) is 35.0 Å². The molecule has 0 fully saturated rings. The number of halogens is 4. The number of nitrogens with zero attached hydrogens (tertiary/aromatic N) is 4. The van der Waals surface area contributed by atoms with Crippen molar-refractivity contribution in [2.24, 2.45) is 0 Å². The average Bonchev–Trinajstić information content (AvgIpc) is 2.71. The van der Waals surface area contributed by atoms with Crippen molar-refractivity contribution in [3.63, 3.8) is 0 Å². The van der Waals surface area contributed by atoms with E-state index < -0.39 is 35.2 Å². The highest BCUT2D eigenvalue weighted by atomic mass is 19.4. The third-order valence-corrected chi connectivity index (χ3v) is 4.07. The molecule has 1 amide bonds. The van der Waals surface area contributed by atoms with Gasteiger partial charge in [-0.1, -0.05) is 0 Å². The Morgan fingerprint density at radius 1 is 1.27 bits per heavy atom. The Labute approximate surface area is 170 Å². The SMILES string of the molecule is CNc1ccnc(N(c2cc(F)c(C(=O)N(C)CCOC)cc2OC)C(F)(F)F)n1. The van der Waals surface area contributed by atoms with Gasteiger partial charge in [-0.05, 0) is 12.1 Å². The molecule has 2 rings (SSSR count). The van der Waals surface area contributed by atoms with Crippen LogP contribution in [0, 0.1) is 5.82 Å². The molecule has 0 unspecified atom stereocenters. The summed E-state index contributed by atoms with van der Waals surface area (Å²) in [6.45, 7) is 0.373. The second kappa shape index (κ2) is 9.57. The minimum atomic E-state index is -5.01. The number of benzene rings is 1. The number of anilines is 3. The van der Waals surface area contributed by atoms with Gasteiger partial charge in [0.1, 0.15) is 17.4 Å². The van der Waals surface area contributed by atoms with Crippen LogP contribution < -0.4 is 15.0 Å². The van der Waals surface area contributed by atoms with E-state index in [9.17, 15) is 22.4 Å². The molecule has 0 spiro atoms. The van der Waals surface area contributed by atoms with Gasteiger partial charge in [-0.25, -0.2) is 14.3 Å². The number of amides is 1. The van der Waals surface area contributed by atoms with Gasteiger partial charge in [-0.3, -0.25) is 4.79 Å². The lowest BCUT2D eigenvalue weighted by molar-refractivity contribution is -0.121. The third kappa shape index (κ3) is 5.06. The molecule has 0 radical (unpaired) electrons. The molecule has 8 nitrogen and oxygen atoms in total. The van der Waals surface area contributed by atoms with E-state index in [0.29, 0.717) is 6.07 Å². The number of nitrogens with one attached hydrogen (secondary N) is 1. The lowest BCUT2D eigenvalue weighted by atomic mass is 10.1. The number of carbonyl (C=O) groups is 1. The van der Waals surface area contributed by atoms with Gasteiger partial charge in [-0.2, -0.15) is 4.98 Å². The molecular formula is C18H21F4N5O3. The van der Waals surface area contributed by atoms with Gasteiger partial charge in [-0.15, -0.1) is 13.2 Å². The minimum absolute atomic E-state index is 0.125. The van der Waals surface area contributed by atoms with Crippen molar-refractivity contribution in [3.8, 4) is 5.75 Å². The monoisotopic (exact) mass is 431 g/mol. The second-order valence-electron chi connectivity index (χ2n) is 6.02. The summed E-state index contributed by atoms with van der Waals surface area (Å²) in [6.07, 6.45) is -3.88. The summed E-state index contributed by atoms with van der Waals surface area (Å²) in [7, 11) is 5.44. The summed E-state index contributed by atoms with van der Waals surface area (Å²) in [5, 5.41) is 2.61. The summed E-state index contributed by atoms with van der Waals surface area (Å²) < 4.78 is 66.2. The number of carbonyl (C=O) groups excluding carboxylic acids is 1. The predicted octanol–water partition coefficient (Wildman–Crippen LogP) is 3.04. The van der Waals surface area contributed by atoms with E-state index in [4.69, 9.17) is 9.47 Å². The van der Waals surface area contributed by atoms with Crippen molar-refractivity contribution >= 4 is 23.4 Å². The average molecular weight is 431 g/mol. The number of hydrogen-bond acceptors (Lipinski definition) is 7. The van der Waals surface area contributed by atoms with Crippen LogP contribution in [0.5, 0.6) is 5.75 Å². The van der Waals surface area contributed by atoms with E-state index in [0.717, 1.165) is 19.4 Å². The lowest BCUT2D eigenvalue weighted by Gasteiger charge is -2.27. The third-order valence-electron chi connectivity index (χ3n) is 4.07. The lowest BCUT2D eigenvalue weighted by Crippen LogP contribution is -2.36. The molecule has 0 aliphatic rings. The fraction of sp³-hybridized carbons (Fsp3) is 0.389. The minimum Gasteiger partial charge on any atom is -0.495 e. The topological polar surface area (TPSA) is 79.8 Å². The van der Waals surface area contributed by atoms with E-state index in [1.54, 1.807) is 0 Å². The van der Waals surface area contributed by atoms with E-state index in [1.165, 1.54) is 32.2 Å². The van der Waals surface area contributed by atoms with E-state index in [1.807, 2.05) is 0 Å². The highest BCUT2D eigenvalue weighted by Gasteiger charge is 2.43. The number of rotatable bonds is 8. The first-order valence-electron chi connectivity index (χ1n) is 8.63. The van der Waals surface area contributed by atoms with Crippen molar-refractivity contribution < 1.29 is 31.8 Å². The van der Waals surface area contributed by atoms with Crippen LogP contribution >= 0.6 is 0 Å². The van der Waals surface area contributed by atoms with Gasteiger partial charge in [0.15, 0.2) is 0 Å². The smallest absolute Gasteiger partial charge is 0.491 e. The largest absolute Gasteiger partial charge is 0.495 e. The summed E-state index contributed by atoms with van der Waals surface area (Å²) in [5.41, 5.74) is -1.15. The molecule has 30 heavy (non-hydrogen) atoms. The van der Waals surface area contributed by atoms with Crippen molar-refractivity contribution in [1.82, 2.24) is 14.9 Å². The van der Waals surface area contributed by atoms with Crippen LogP contribution in [0.1, 0.15) is 10.4 Å². The standard InChI is InChI=1S/C18H21F4N5O3/c1-23-15-5-6-24-17(25-15)27(18(20,21)22)13-10-12(19)11(9-14(13)30-4)16(28)26(2)7-8-29-3/h5-6,9-10H,7-8H2,1-4H3,(H,23,24,25). The van der Waals surface area contributed by atoms with Crippen molar-refractivity contribution in [2.75, 3.05) is 51.7 Å². The van der Waals surface area contributed by atoms with Gasteiger partial charge >= 0.3 is 6.30 Å². The molecule has 164 valence electrons. The molecule has 1 aromatic heterocycles. The Morgan fingerprint density at radius 3 is 2.53 bits per heavy atom. The van der Waals surface area contributed by atoms with E-state index >= 15 is 0 Å². The van der Waals surface area contributed by atoms with Crippen molar-refractivity contribution in [3.05, 3.63) is 35.8 Å². The molecule has 0 atom stereocenters. The molecule has 0 saturated heterocycles. The molecule has 0 aliphatic heterocycles. The highest BCUT2D eigenvalue weighted by molar-refractivity contribution is 5.95. The molecule has 0 saturated carbocycles. The zero-order valence-electron chi connectivity index (χ0n) is 16.7. The number of aromatic nitrogens is 2. The Bertz CT molecular complexity index is 895. The Balaban J connectivity index is 2.57. The normalized spacial score (nSPS) is 11.2. The maximum absolute atomic E-state index is 14.7. The quantitative estimate of drug-likeness (QED) is 0.508. The van der Waals surface area contributed by atoms with E-state index in [-0.39, 0.29) is 29.6 Å². The van der Waals surface area contributed by atoms with Gasteiger partial charge < -0.3 is 19.7 Å². The summed E-state index contributed by atoms with van der Waals surface area (Å²) >= 11 is 0. The molecule has 0 aliphatic carbocycles. The fourth-order valence-electron chi connectivity index (χ4n) is 2.53. The number of methoxy groups -OCH3 is 2. The summed E-state index contributed by atoms with van der Waals surface area (Å²) in [5.74, 6) is -2.89. The molecule has 12 heteroatoms. The van der Waals surface area contributed by atoms with Crippen LogP contribution in [-0.4, -0.2) is 68.5 Å². The molecule has 2 aromatic rings. The van der Waals surface area contributed by atoms with Crippen molar-refractivity contribution in [1.29, 1.82) is 0 Å². The Hall–Kier alpha value is -3.15. The highest BCUT2D eigenvalue weighted by Crippen LogP contribution is 2.41. The Morgan fingerprint density at radius 2 is 1.97 bits per heavy atom. The molecule has 1 heterocycles. The van der Waals surface area contributed by atoms with Crippen LogP contribution in [-0.2, 0) is 4.74 Å². The van der Waals surface area contributed by atoms with Crippen molar-refractivity contribution in [2.45, 2.75) is 6.30 Å². The number of hydrogen-bond donors (Lipinski definition) is 1. The fourth-order valence-corrected chi connectivity index (χ4v) is 2.53. The molecule has 1 N–H and O–H groups in total. The zero-order valence-corrected chi connectivity index (χ0v) is 16.7. The van der Waals surface area contributed by atoms with Crippen LogP contribution in [0.25, 0.3) is 0 Å². The van der Waals surface area contributed by atoms with Crippen LogP contribution in [0.3, 0.4) is 0 Å². The van der Waals surface area contributed by atoms with Gasteiger partial charge in [0.2, 0.25) is 5.95 Å². The zero-order chi connectivity index (χ0) is 22.5. The van der Waals surface area contributed by atoms with Crippen LogP contribution in [0.15, 0.2) is 24.4 Å². The van der Waals surface area contributed by atoms with Gasteiger partial charge in [0.05, 0.1) is 25.0 Å². The first-order valence-corrected chi connectivity index (χ1v) is 8.63. The number of likely N-dealkylation sites (N-methyl/N-ethyl adjacent to an activating group) is 1. The molecule has 0 bridgehead atoms. The van der Waals surface area contributed by atoms with Crippen LogP contribution in [0.2, 0.25) is 0 Å². The number of alkyl halides is 3. The van der Waals surface area contributed by atoms with E-state index in [2.05, 4.69) is 15.3 Å². The maximum Gasteiger partial charge on any atom is 0.491 e. The maximum atomic E-state index is 14.7. The molecule has 1 aromatic carbocycles. The second-order valence-corrected chi connectivity index (χ2v) is 6.02. The first-order chi connectivity index (χ1) is 14.1. The Kier molecular flexibility index (Phi) is 7.38. The summed E-state index contributed by atoms with van der Waals surface area (Å²) in [4.78, 5) is 20.9. The first kappa shape index (κ1) is 23.1. The molecular weight excluding hydrogens is 410 g/mol. The van der Waals surface area contributed by atoms with Gasteiger partial charge in [0.25, 0.3) is 5.91 Å². The van der Waals surface area contributed by atoms with Gasteiger partial charge in [0, 0.05) is 40.0 Å². The number of ether oxygens (including phenoxy) is 2. The summed E-state index contributed by atoms with van der Waals surface area (Å²) in [6, 6.07) is 2.85. The predicted molar refractivity (Wildman–Crippen MR) is 102 cm³/mol.